The van der Waals surface area contributed by atoms with Crippen LogP contribution in [0.25, 0.3) is 0 Å². The number of carbonyl (C=O) groups is 3. The summed E-state index contributed by atoms with van der Waals surface area (Å²) in [5.74, 6) is -0.564. The van der Waals surface area contributed by atoms with Gasteiger partial charge in [0.1, 0.15) is 5.75 Å². The van der Waals surface area contributed by atoms with Crippen LogP contribution in [-0.2, 0) is 4.79 Å². The Hall–Kier alpha value is -2.87. The topological polar surface area (TPSA) is 96.5 Å². The summed E-state index contributed by atoms with van der Waals surface area (Å²) in [5, 5.41) is 2.79. The zero-order valence-corrected chi connectivity index (χ0v) is 19.4. The summed E-state index contributed by atoms with van der Waals surface area (Å²) in [6, 6.07) is 11.6. The fourth-order valence-electron chi connectivity index (χ4n) is 2.65. The molecule has 0 aliphatic rings. The van der Waals surface area contributed by atoms with Crippen LogP contribution in [0.5, 0.6) is 5.75 Å². The minimum atomic E-state index is -0.485. The lowest BCUT2D eigenvalue weighted by molar-refractivity contribution is -0.116. The third-order valence-electron chi connectivity index (χ3n) is 4.42. The van der Waals surface area contributed by atoms with Gasteiger partial charge in [-0.05, 0) is 55.3 Å². The van der Waals surface area contributed by atoms with Gasteiger partial charge in [0.05, 0.1) is 12.2 Å². The molecular weight excluding hydrogens is 462 g/mol. The van der Waals surface area contributed by atoms with Gasteiger partial charge in [0.15, 0.2) is 0 Å². The molecule has 8 heteroatoms. The van der Waals surface area contributed by atoms with E-state index in [4.69, 9.17) is 4.74 Å². The van der Waals surface area contributed by atoms with Gasteiger partial charge < -0.3 is 10.1 Å². The molecule has 0 saturated carbocycles. The number of carbonyl (C=O) groups excluding carboxylic acids is 3. The molecule has 0 radical (unpaired) electrons. The third kappa shape index (κ3) is 8.05. The zero-order valence-electron chi connectivity index (χ0n) is 17.8. The van der Waals surface area contributed by atoms with E-state index >= 15 is 0 Å². The lowest BCUT2D eigenvalue weighted by Crippen LogP contribution is -2.41. The number of anilines is 1. The Morgan fingerprint density at radius 2 is 1.58 bits per heavy atom. The molecule has 166 valence electrons. The molecule has 0 heterocycles. The van der Waals surface area contributed by atoms with Crippen molar-refractivity contribution in [2.24, 2.45) is 0 Å². The van der Waals surface area contributed by atoms with E-state index in [2.05, 4.69) is 39.0 Å². The van der Waals surface area contributed by atoms with Crippen molar-refractivity contribution < 1.29 is 19.1 Å². The number of ether oxygens (including phenoxy) is 1. The van der Waals surface area contributed by atoms with Gasteiger partial charge in [0.2, 0.25) is 5.91 Å². The number of unbranched alkanes of at least 4 members (excludes halogenated alkanes) is 2. The lowest BCUT2D eigenvalue weighted by Gasteiger charge is -2.13. The molecule has 2 aromatic rings. The van der Waals surface area contributed by atoms with Crippen molar-refractivity contribution in [1.29, 1.82) is 0 Å². The highest BCUT2D eigenvalue weighted by Gasteiger charge is 2.15. The van der Waals surface area contributed by atoms with E-state index in [-0.39, 0.29) is 5.91 Å². The van der Waals surface area contributed by atoms with Crippen LogP contribution in [-0.4, -0.2) is 24.3 Å². The third-order valence-corrected chi connectivity index (χ3v) is 4.91. The van der Waals surface area contributed by atoms with Gasteiger partial charge in [-0.15, -0.1) is 0 Å². The second-order valence-electron chi connectivity index (χ2n) is 6.98. The molecule has 7 nitrogen and oxygen atoms in total. The normalized spacial score (nSPS) is 10.3. The van der Waals surface area contributed by atoms with Crippen molar-refractivity contribution in [1.82, 2.24) is 10.9 Å². The molecule has 0 unspecified atom stereocenters. The van der Waals surface area contributed by atoms with Crippen molar-refractivity contribution in [3.05, 3.63) is 58.1 Å². The Morgan fingerprint density at radius 3 is 2.26 bits per heavy atom. The van der Waals surface area contributed by atoms with E-state index in [1.807, 2.05) is 6.92 Å². The van der Waals surface area contributed by atoms with E-state index in [0.29, 0.717) is 35.6 Å². The van der Waals surface area contributed by atoms with E-state index in [0.717, 1.165) is 30.2 Å². The highest BCUT2D eigenvalue weighted by Crippen LogP contribution is 2.23. The molecule has 0 spiro atoms. The van der Waals surface area contributed by atoms with Crippen LogP contribution in [0.15, 0.2) is 46.9 Å². The predicted molar refractivity (Wildman–Crippen MR) is 124 cm³/mol. The SMILES string of the molecule is CCCCOc1ccc(Br)cc1C(=O)NNC(=O)c1ccc(NC(=O)CCCC)cc1. The van der Waals surface area contributed by atoms with E-state index in [9.17, 15) is 14.4 Å². The average molecular weight is 490 g/mol. The first-order valence-corrected chi connectivity index (χ1v) is 11.2. The van der Waals surface area contributed by atoms with Crippen LogP contribution in [0.2, 0.25) is 0 Å². The lowest BCUT2D eigenvalue weighted by atomic mass is 10.2. The number of amides is 3. The molecule has 0 aliphatic heterocycles. The summed E-state index contributed by atoms with van der Waals surface area (Å²) in [5.41, 5.74) is 6.10. The van der Waals surface area contributed by atoms with Crippen LogP contribution in [0.1, 0.15) is 66.7 Å². The monoisotopic (exact) mass is 489 g/mol. The van der Waals surface area contributed by atoms with Crippen molar-refractivity contribution in [3.63, 3.8) is 0 Å². The number of hydrogen-bond donors (Lipinski definition) is 3. The second kappa shape index (κ2) is 12.7. The van der Waals surface area contributed by atoms with Gasteiger partial charge in [-0.3, -0.25) is 25.2 Å². The molecule has 0 bridgehead atoms. The fraction of sp³-hybridized carbons (Fsp3) is 0.348. The van der Waals surface area contributed by atoms with Crippen molar-refractivity contribution in [2.45, 2.75) is 46.0 Å². The van der Waals surface area contributed by atoms with Gasteiger partial charge in [-0.1, -0.05) is 42.6 Å². The molecule has 3 N–H and O–H groups in total. The summed E-state index contributed by atoms with van der Waals surface area (Å²) in [6.45, 7) is 4.59. The van der Waals surface area contributed by atoms with E-state index in [1.165, 1.54) is 0 Å². The summed E-state index contributed by atoms with van der Waals surface area (Å²) >= 11 is 3.35. The average Bonchev–Trinajstić information content (AvgIpc) is 2.77. The van der Waals surface area contributed by atoms with Crippen LogP contribution < -0.4 is 20.9 Å². The molecule has 0 aromatic heterocycles. The van der Waals surface area contributed by atoms with Gasteiger partial charge in [0, 0.05) is 22.1 Å². The van der Waals surface area contributed by atoms with Gasteiger partial charge in [-0.25, -0.2) is 0 Å². The van der Waals surface area contributed by atoms with Crippen LogP contribution in [0.4, 0.5) is 5.69 Å². The highest BCUT2D eigenvalue weighted by molar-refractivity contribution is 9.10. The zero-order chi connectivity index (χ0) is 22.6. The maximum Gasteiger partial charge on any atom is 0.273 e. The Balaban J connectivity index is 1.94. The van der Waals surface area contributed by atoms with Crippen molar-refractivity contribution >= 4 is 39.3 Å². The van der Waals surface area contributed by atoms with Gasteiger partial charge in [0.25, 0.3) is 11.8 Å². The van der Waals surface area contributed by atoms with E-state index < -0.39 is 11.8 Å². The molecule has 0 atom stereocenters. The van der Waals surface area contributed by atoms with E-state index in [1.54, 1.807) is 42.5 Å². The molecule has 2 rings (SSSR count). The Kier molecular flexibility index (Phi) is 10.0. The summed E-state index contributed by atoms with van der Waals surface area (Å²) in [7, 11) is 0. The number of hydrazine groups is 1. The molecule has 3 amide bonds. The fourth-order valence-corrected chi connectivity index (χ4v) is 3.01. The van der Waals surface area contributed by atoms with Gasteiger partial charge in [-0.2, -0.15) is 0 Å². The first-order chi connectivity index (χ1) is 14.9. The second-order valence-corrected chi connectivity index (χ2v) is 7.90. The first kappa shape index (κ1) is 24.4. The first-order valence-electron chi connectivity index (χ1n) is 10.4. The number of halogens is 1. The van der Waals surface area contributed by atoms with Crippen LogP contribution in [0.3, 0.4) is 0 Å². The minimum absolute atomic E-state index is 0.0581. The maximum absolute atomic E-state index is 12.6. The molecule has 0 saturated heterocycles. The Bertz CT molecular complexity index is 900. The molecule has 31 heavy (non-hydrogen) atoms. The number of benzene rings is 2. The van der Waals surface area contributed by atoms with Crippen LogP contribution in [0, 0.1) is 0 Å². The smallest absolute Gasteiger partial charge is 0.273 e. The maximum atomic E-state index is 12.6. The number of hydrogen-bond acceptors (Lipinski definition) is 4. The molecular formula is C23H28BrN3O4. The predicted octanol–water partition coefficient (Wildman–Crippen LogP) is 4.83. The molecule has 0 fully saturated rings. The quantitative estimate of drug-likeness (QED) is 0.328. The largest absolute Gasteiger partial charge is 0.493 e. The number of rotatable bonds is 10. The van der Waals surface area contributed by atoms with Crippen molar-refractivity contribution in [3.8, 4) is 5.75 Å². The Morgan fingerprint density at radius 1 is 0.903 bits per heavy atom. The van der Waals surface area contributed by atoms with Gasteiger partial charge >= 0.3 is 0 Å². The molecule has 0 aliphatic carbocycles. The van der Waals surface area contributed by atoms with Crippen LogP contribution >= 0.6 is 15.9 Å². The van der Waals surface area contributed by atoms with Crippen molar-refractivity contribution in [2.75, 3.05) is 11.9 Å². The summed E-state index contributed by atoms with van der Waals surface area (Å²) in [6.07, 6.45) is 4.10. The summed E-state index contributed by atoms with van der Waals surface area (Å²) < 4.78 is 6.41. The highest BCUT2D eigenvalue weighted by atomic mass is 79.9. The minimum Gasteiger partial charge on any atom is -0.493 e. The standard InChI is InChI=1S/C23H28BrN3O4/c1-3-5-7-21(28)25-18-11-8-16(9-12-18)22(29)26-27-23(30)19-15-17(24)10-13-20(19)31-14-6-4-2/h8-13,15H,3-7,14H2,1-2H3,(H,25,28)(H,26,29)(H,27,30). The number of nitrogens with one attached hydrogen (secondary N) is 3. The molecule has 2 aromatic carbocycles. The Labute approximate surface area is 191 Å². The summed E-state index contributed by atoms with van der Waals surface area (Å²) in [4.78, 5) is 36.7.